The SMILES string of the molecule is C[C@@H]1CCn2nc(C(F)(F)F)cc2C(=O)N1C1CC2(C1)CN(S(=O)(=O)c1ccccc1F)C2. The second-order valence-corrected chi connectivity index (χ2v) is 11.2. The number of benzene rings is 1. The molecule has 2 aromatic rings. The fourth-order valence-electron chi connectivity index (χ4n) is 5.26. The number of carbonyl (C=O) groups excluding carboxylic acids is 1. The highest BCUT2D eigenvalue weighted by molar-refractivity contribution is 7.89. The van der Waals surface area contributed by atoms with E-state index in [1.54, 1.807) is 4.90 Å². The Morgan fingerprint density at radius 2 is 1.82 bits per heavy atom. The summed E-state index contributed by atoms with van der Waals surface area (Å²) in [5.41, 5.74) is -1.46. The third-order valence-electron chi connectivity index (χ3n) is 6.97. The van der Waals surface area contributed by atoms with Gasteiger partial charge in [-0.3, -0.25) is 9.48 Å². The van der Waals surface area contributed by atoms with Gasteiger partial charge in [0.15, 0.2) is 5.69 Å². The minimum absolute atomic E-state index is 0.0787. The molecule has 0 N–H and O–H groups in total. The van der Waals surface area contributed by atoms with E-state index in [1.807, 2.05) is 6.92 Å². The van der Waals surface area contributed by atoms with Gasteiger partial charge in [-0.2, -0.15) is 22.6 Å². The molecule has 1 amide bonds. The van der Waals surface area contributed by atoms with Gasteiger partial charge in [-0.05, 0) is 38.3 Å². The first-order valence-corrected chi connectivity index (χ1v) is 12.1. The maximum atomic E-state index is 14.0. The van der Waals surface area contributed by atoms with Crippen LogP contribution in [0.5, 0.6) is 0 Å². The first kappa shape index (κ1) is 22.3. The number of aryl methyl sites for hydroxylation is 1. The lowest BCUT2D eigenvalue weighted by Crippen LogP contribution is -2.68. The molecule has 2 aliphatic heterocycles. The van der Waals surface area contributed by atoms with E-state index < -0.39 is 33.6 Å². The van der Waals surface area contributed by atoms with Crippen LogP contribution in [0, 0.1) is 11.2 Å². The molecule has 0 unspecified atom stereocenters. The number of aromatic nitrogens is 2. The number of carbonyl (C=O) groups is 1. The molecular weight excluding hydrogens is 464 g/mol. The van der Waals surface area contributed by atoms with Crippen molar-refractivity contribution >= 4 is 15.9 Å². The summed E-state index contributed by atoms with van der Waals surface area (Å²) in [5, 5.41) is 3.57. The Balaban J connectivity index is 1.29. The zero-order chi connectivity index (χ0) is 23.8. The van der Waals surface area contributed by atoms with Crippen LogP contribution in [-0.4, -0.2) is 58.5 Å². The predicted octanol–water partition coefficient (Wildman–Crippen LogP) is 3.13. The van der Waals surface area contributed by atoms with Crippen molar-refractivity contribution in [1.29, 1.82) is 0 Å². The number of rotatable bonds is 3. The molecule has 5 rings (SSSR count). The molecule has 178 valence electrons. The highest BCUT2D eigenvalue weighted by Gasteiger charge is 2.58. The average molecular weight is 486 g/mol. The molecular formula is C21H22F4N4O3S. The Morgan fingerprint density at radius 1 is 1.15 bits per heavy atom. The van der Waals surface area contributed by atoms with Gasteiger partial charge in [-0.15, -0.1) is 0 Å². The lowest BCUT2D eigenvalue weighted by atomic mass is 9.61. The Kier molecular flexibility index (Phi) is 4.91. The minimum Gasteiger partial charge on any atom is -0.332 e. The number of fused-ring (bicyclic) bond motifs is 1. The predicted molar refractivity (Wildman–Crippen MR) is 108 cm³/mol. The van der Waals surface area contributed by atoms with Crippen LogP contribution in [-0.2, 0) is 22.7 Å². The second-order valence-electron chi connectivity index (χ2n) is 9.25. The number of halogens is 4. The molecule has 1 aromatic heterocycles. The molecule has 1 saturated heterocycles. The van der Waals surface area contributed by atoms with Gasteiger partial charge >= 0.3 is 6.18 Å². The molecule has 1 saturated carbocycles. The van der Waals surface area contributed by atoms with E-state index in [2.05, 4.69) is 5.10 Å². The molecule has 0 radical (unpaired) electrons. The van der Waals surface area contributed by atoms with Gasteiger partial charge in [0.1, 0.15) is 16.4 Å². The summed E-state index contributed by atoms with van der Waals surface area (Å²) < 4.78 is 81.0. The number of alkyl halides is 3. The molecule has 1 aromatic carbocycles. The first-order valence-electron chi connectivity index (χ1n) is 10.6. The van der Waals surface area contributed by atoms with Gasteiger partial charge in [-0.25, -0.2) is 12.8 Å². The third kappa shape index (κ3) is 3.54. The molecule has 3 aliphatic rings. The second kappa shape index (κ2) is 7.26. The van der Waals surface area contributed by atoms with E-state index >= 15 is 0 Å². The summed E-state index contributed by atoms with van der Waals surface area (Å²) in [7, 11) is -3.94. The Labute approximate surface area is 188 Å². The smallest absolute Gasteiger partial charge is 0.332 e. The highest BCUT2D eigenvalue weighted by Crippen LogP contribution is 2.52. The van der Waals surface area contributed by atoms with E-state index in [0.717, 1.165) is 16.8 Å². The van der Waals surface area contributed by atoms with Crippen molar-refractivity contribution in [2.45, 2.75) is 55.9 Å². The number of hydrogen-bond acceptors (Lipinski definition) is 4. The van der Waals surface area contributed by atoms with E-state index in [1.165, 1.54) is 22.5 Å². The first-order chi connectivity index (χ1) is 15.4. The van der Waals surface area contributed by atoms with Crippen LogP contribution in [0.2, 0.25) is 0 Å². The number of amides is 1. The zero-order valence-electron chi connectivity index (χ0n) is 17.7. The van der Waals surface area contributed by atoms with E-state index in [-0.39, 0.29) is 47.7 Å². The normalized spacial score (nSPS) is 23.7. The van der Waals surface area contributed by atoms with Crippen molar-refractivity contribution in [1.82, 2.24) is 19.0 Å². The Bertz CT molecular complexity index is 1210. The molecule has 1 atom stereocenters. The maximum Gasteiger partial charge on any atom is 0.435 e. The van der Waals surface area contributed by atoms with E-state index in [9.17, 15) is 30.8 Å². The number of hydrogen-bond donors (Lipinski definition) is 0. The standard InChI is InChI=1S/C21H22F4N4O3S/c1-13-6-7-28-16(8-18(26-28)21(23,24)25)19(30)29(13)14-9-20(10-14)11-27(12-20)33(31,32)17-5-3-2-4-15(17)22/h2-5,8,13-14H,6-7,9-12H2,1H3/t13-/m1/s1. The monoisotopic (exact) mass is 486 g/mol. The van der Waals surface area contributed by atoms with Gasteiger partial charge in [0.25, 0.3) is 5.91 Å². The van der Waals surface area contributed by atoms with Crippen LogP contribution in [0.15, 0.2) is 35.2 Å². The van der Waals surface area contributed by atoms with Crippen molar-refractivity contribution in [2.24, 2.45) is 5.41 Å². The lowest BCUT2D eigenvalue weighted by molar-refractivity contribution is -0.141. The van der Waals surface area contributed by atoms with Crippen molar-refractivity contribution in [3.8, 4) is 0 Å². The van der Waals surface area contributed by atoms with Crippen LogP contribution in [0.3, 0.4) is 0 Å². The fourth-order valence-corrected chi connectivity index (χ4v) is 6.99. The molecule has 1 spiro atoms. The Morgan fingerprint density at radius 3 is 2.45 bits per heavy atom. The average Bonchev–Trinajstić information content (AvgIpc) is 3.07. The molecule has 33 heavy (non-hydrogen) atoms. The van der Waals surface area contributed by atoms with Gasteiger partial charge in [0, 0.05) is 43.2 Å². The number of nitrogens with zero attached hydrogens (tertiary/aromatic N) is 4. The zero-order valence-corrected chi connectivity index (χ0v) is 18.5. The van der Waals surface area contributed by atoms with Crippen LogP contribution in [0.25, 0.3) is 0 Å². The van der Waals surface area contributed by atoms with Gasteiger partial charge in [0.05, 0.1) is 0 Å². The summed E-state index contributed by atoms with van der Waals surface area (Å²) in [6.07, 6.45) is -3.07. The van der Waals surface area contributed by atoms with Crippen LogP contribution in [0.1, 0.15) is 42.4 Å². The van der Waals surface area contributed by atoms with Crippen molar-refractivity contribution < 1.29 is 30.8 Å². The van der Waals surface area contributed by atoms with Crippen molar-refractivity contribution in [3.05, 3.63) is 47.5 Å². The quantitative estimate of drug-likeness (QED) is 0.625. The van der Waals surface area contributed by atoms with Crippen LogP contribution >= 0.6 is 0 Å². The van der Waals surface area contributed by atoms with Crippen molar-refractivity contribution in [2.75, 3.05) is 13.1 Å². The molecule has 12 heteroatoms. The minimum atomic E-state index is -4.63. The van der Waals surface area contributed by atoms with E-state index in [4.69, 9.17) is 0 Å². The highest BCUT2D eigenvalue weighted by atomic mass is 32.2. The van der Waals surface area contributed by atoms with Gasteiger partial charge in [0.2, 0.25) is 10.0 Å². The summed E-state index contributed by atoms with van der Waals surface area (Å²) in [6, 6.07) is 5.64. The summed E-state index contributed by atoms with van der Waals surface area (Å²) in [5.74, 6) is -1.29. The fraction of sp³-hybridized carbons (Fsp3) is 0.524. The van der Waals surface area contributed by atoms with Crippen LogP contribution < -0.4 is 0 Å². The van der Waals surface area contributed by atoms with Gasteiger partial charge < -0.3 is 4.90 Å². The topological polar surface area (TPSA) is 75.5 Å². The summed E-state index contributed by atoms with van der Waals surface area (Å²) in [6.45, 7) is 2.52. The van der Waals surface area contributed by atoms with E-state index in [0.29, 0.717) is 19.3 Å². The van der Waals surface area contributed by atoms with Gasteiger partial charge in [-0.1, -0.05) is 12.1 Å². The summed E-state index contributed by atoms with van der Waals surface area (Å²) >= 11 is 0. The van der Waals surface area contributed by atoms with Crippen LogP contribution in [0.4, 0.5) is 17.6 Å². The maximum absolute atomic E-state index is 14.0. The largest absolute Gasteiger partial charge is 0.435 e. The summed E-state index contributed by atoms with van der Waals surface area (Å²) in [4.78, 5) is 14.4. The third-order valence-corrected chi connectivity index (χ3v) is 8.79. The van der Waals surface area contributed by atoms with Crippen molar-refractivity contribution in [3.63, 3.8) is 0 Å². The molecule has 0 bridgehead atoms. The Hall–Kier alpha value is -2.47. The molecule has 2 fully saturated rings. The molecule has 7 nitrogen and oxygen atoms in total. The number of sulfonamides is 1. The lowest BCUT2D eigenvalue weighted by Gasteiger charge is -2.60. The molecule has 3 heterocycles. The molecule has 1 aliphatic carbocycles.